The van der Waals surface area contributed by atoms with Crippen LogP contribution in [0.3, 0.4) is 0 Å². The van der Waals surface area contributed by atoms with Gasteiger partial charge in [0.15, 0.2) is 0 Å². The molecule has 1 amide bonds. The number of hydrogen-bond donors (Lipinski definition) is 2. The van der Waals surface area contributed by atoms with Crippen molar-refractivity contribution < 1.29 is 24.2 Å². The van der Waals surface area contributed by atoms with Crippen LogP contribution in [-0.2, 0) is 20.9 Å². The number of alkyl carbamates (subject to hydrolysis) is 1. The molecule has 1 saturated heterocycles. The van der Waals surface area contributed by atoms with E-state index in [0.29, 0.717) is 0 Å². The maximum absolute atomic E-state index is 11.8. The van der Waals surface area contributed by atoms with E-state index in [1.165, 1.54) is 0 Å². The van der Waals surface area contributed by atoms with Crippen LogP contribution in [0.5, 0.6) is 0 Å². The summed E-state index contributed by atoms with van der Waals surface area (Å²) in [5, 5.41) is 11.7. The third kappa shape index (κ3) is 5.56. The van der Waals surface area contributed by atoms with Crippen molar-refractivity contribution in [2.24, 2.45) is 0 Å². The number of carbonyl (C=O) groups excluding carboxylic acids is 1. The highest BCUT2D eigenvalue weighted by Gasteiger charge is 2.35. The molecule has 2 rings (SSSR count). The fourth-order valence-corrected chi connectivity index (χ4v) is 2.64. The van der Waals surface area contributed by atoms with Crippen molar-refractivity contribution in [2.75, 3.05) is 0 Å². The minimum absolute atomic E-state index is 0.103. The molecule has 1 aromatic rings. The van der Waals surface area contributed by atoms with Gasteiger partial charge < -0.3 is 19.9 Å². The molecule has 6 heteroatoms. The van der Waals surface area contributed by atoms with E-state index in [4.69, 9.17) is 9.47 Å². The summed E-state index contributed by atoms with van der Waals surface area (Å²) in [6, 6.07) is 8.20. The number of benzene rings is 1. The van der Waals surface area contributed by atoms with Crippen LogP contribution in [0.4, 0.5) is 4.79 Å². The van der Waals surface area contributed by atoms with Crippen molar-refractivity contribution in [3.63, 3.8) is 0 Å². The van der Waals surface area contributed by atoms with Gasteiger partial charge in [0.1, 0.15) is 12.6 Å². The van der Waals surface area contributed by atoms with Crippen LogP contribution in [0, 0.1) is 0 Å². The van der Waals surface area contributed by atoms with Gasteiger partial charge in [0.25, 0.3) is 0 Å². The molecular weight excluding hydrogens is 298 g/mol. The maximum atomic E-state index is 11.8. The van der Waals surface area contributed by atoms with Crippen molar-refractivity contribution in [1.29, 1.82) is 0 Å². The lowest BCUT2D eigenvalue weighted by Crippen LogP contribution is -2.43. The molecule has 0 radical (unpaired) electrons. The average Bonchev–Trinajstić information content (AvgIpc) is 2.84. The van der Waals surface area contributed by atoms with Crippen LogP contribution in [0.2, 0.25) is 0 Å². The minimum atomic E-state index is -1.09. The minimum Gasteiger partial charge on any atom is -0.480 e. The second kappa shape index (κ2) is 7.46. The fraction of sp³-hybridized carbons (Fsp3) is 0.529. The topological polar surface area (TPSA) is 84.9 Å². The molecule has 1 heterocycles. The fourth-order valence-electron chi connectivity index (χ4n) is 2.64. The molecule has 6 nitrogen and oxygen atoms in total. The Labute approximate surface area is 135 Å². The second-order valence-corrected chi connectivity index (χ2v) is 6.37. The molecule has 0 aliphatic carbocycles. The van der Waals surface area contributed by atoms with E-state index in [-0.39, 0.29) is 24.7 Å². The zero-order valence-corrected chi connectivity index (χ0v) is 13.5. The van der Waals surface area contributed by atoms with Gasteiger partial charge in [-0.25, -0.2) is 9.59 Å². The van der Waals surface area contributed by atoms with Gasteiger partial charge in [-0.2, -0.15) is 0 Å². The molecular formula is C17H23NO5. The summed E-state index contributed by atoms with van der Waals surface area (Å²) in [7, 11) is 0. The zero-order valence-electron chi connectivity index (χ0n) is 13.5. The van der Waals surface area contributed by atoms with E-state index in [0.717, 1.165) is 18.4 Å². The molecule has 1 aliphatic rings. The lowest BCUT2D eigenvalue weighted by molar-refractivity contribution is -0.140. The summed E-state index contributed by atoms with van der Waals surface area (Å²) in [5.41, 5.74) is 0.608. The molecule has 1 fully saturated rings. The summed E-state index contributed by atoms with van der Waals surface area (Å²) >= 11 is 0. The summed E-state index contributed by atoms with van der Waals surface area (Å²) in [4.78, 5) is 23.1. The highest BCUT2D eigenvalue weighted by Crippen LogP contribution is 2.31. The number of carboxylic acid groups (broad SMARTS) is 1. The second-order valence-electron chi connectivity index (χ2n) is 6.37. The monoisotopic (exact) mass is 321 g/mol. The average molecular weight is 321 g/mol. The third-order valence-electron chi connectivity index (χ3n) is 3.86. The summed E-state index contributed by atoms with van der Waals surface area (Å²) in [6.45, 7) is 4.06. The van der Waals surface area contributed by atoms with E-state index in [1.54, 1.807) is 0 Å². The van der Waals surface area contributed by atoms with Gasteiger partial charge in [-0.3, -0.25) is 0 Å². The molecule has 0 bridgehead atoms. The van der Waals surface area contributed by atoms with Crippen molar-refractivity contribution in [3.8, 4) is 0 Å². The highest BCUT2D eigenvalue weighted by atomic mass is 16.5. The summed E-state index contributed by atoms with van der Waals surface area (Å²) in [6.07, 6.45) is 0.998. The molecule has 2 N–H and O–H groups in total. The van der Waals surface area contributed by atoms with Crippen LogP contribution < -0.4 is 5.32 Å². The first-order valence-electron chi connectivity index (χ1n) is 7.73. The number of rotatable bonds is 6. The number of aliphatic carboxylic acids is 1. The van der Waals surface area contributed by atoms with Gasteiger partial charge in [0, 0.05) is 6.42 Å². The summed E-state index contributed by atoms with van der Waals surface area (Å²) in [5.74, 6) is -1.09. The van der Waals surface area contributed by atoms with Crippen molar-refractivity contribution in [3.05, 3.63) is 35.9 Å². The Morgan fingerprint density at radius 1 is 1.39 bits per heavy atom. The molecule has 23 heavy (non-hydrogen) atoms. The number of ether oxygens (including phenoxy) is 2. The molecule has 0 spiro atoms. The van der Waals surface area contributed by atoms with E-state index in [1.807, 2.05) is 44.2 Å². The predicted molar refractivity (Wildman–Crippen MR) is 84.0 cm³/mol. The molecule has 0 aromatic heterocycles. The Balaban J connectivity index is 1.82. The highest BCUT2D eigenvalue weighted by molar-refractivity contribution is 5.79. The quantitative estimate of drug-likeness (QED) is 0.841. The van der Waals surface area contributed by atoms with Gasteiger partial charge in [0.2, 0.25) is 0 Å². The van der Waals surface area contributed by atoms with Crippen LogP contribution in [-0.4, -0.2) is 34.9 Å². The number of hydrogen-bond acceptors (Lipinski definition) is 4. The molecule has 2 atom stereocenters. The standard InChI is InChI=1S/C17H23NO5/c1-17(2)9-8-13(23-17)10-14(15(19)20)18-16(21)22-11-12-6-4-3-5-7-12/h3-7,13-14H,8-11H2,1-2H3,(H,18,21)(H,19,20). The van der Waals surface area contributed by atoms with Crippen LogP contribution in [0.25, 0.3) is 0 Å². The molecule has 1 aromatic carbocycles. The van der Waals surface area contributed by atoms with E-state index in [9.17, 15) is 14.7 Å². The van der Waals surface area contributed by atoms with Crippen LogP contribution in [0.1, 0.15) is 38.7 Å². The lowest BCUT2D eigenvalue weighted by Gasteiger charge is -2.22. The first kappa shape index (κ1) is 17.3. The van der Waals surface area contributed by atoms with Crippen molar-refractivity contribution in [2.45, 2.75) is 57.5 Å². The third-order valence-corrected chi connectivity index (χ3v) is 3.86. The van der Waals surface area contributed by atoms with Gasteiger partial charge in [0.05, 0.1) is 11.7 Å². The predicted octanol–water partition coefficient (Wildman–Crippen LogP) is 2.71. The Hall–Kier alpha value is -2.08. The van der Waals surface area contributed by atoms with Gasteiger partial charge in [-0.15, -0.1) is 0 Å². The SMILES string of the molecule is CC1(C)CCC(CC(NC(=O)OCc2ccccc2)C(=O)O)O1. The van der Waals surface area contributed by atoms with Gasteiger partial charge in [-0.1, -0.05) is 30.3 Å². The number of amides is 1. The number of nitrogens with one attached hydrogen (secondary N) is 1. The Bertz CT molecular complexity index is 543. The van der Waals surface area contributed by atoms with Gasteiger partial charge >= 0.3 is 12.1 Å². The molecule has 126 valence electrons. The molecule has 1 aliphatic heterocycles. The first-order chi connectivity index (χ1) is 10.9. The molecule has 0 saturated carbocycles. The zero-order chi connectivity index (χ0) is 16.9. The lowest BCUT2D eigenvalue weighted by atomic mass is 10.0. The maximum Gasteiger partial charge on any atom is 0.408 e. The number of carbonyl (C=O) groups is 2. The largest absolute Gasteiger partial charge is 0.480 e. The normalized spacial score (nSPS) is 20.7. The smallest absolute Gasteiger partial charge is 0.408 e. The van der Waals surface area contributed by atoms with Gasteiger partial charge in [-0.05, 0) is 32.3 Å². The van der Waals surface area contributed by atoms with E-state index in [2.05, 4.69) is 5.32 Å². The van der Waals surface area contributed by atoms with Crippen LogP contribution >= 0.6 is 0 Å². The Morgan fingerprint density at radius 2 is 2.09 bits per heavy atom. The van der Waals surface area contributed by atoms with Crippen molar-refractivity contribution in [1.82, 2.24) is 5.32 Å². The van der Waals surface area contributed by atoms with Crippen molar-refractivity contribution >= 4 is 12.1 Å². The van der Waals surface area contributed by atoms with Crippen LogP contribution in [0.15, 0.2) is 30.3 Å². The first-order valence-corrected chi connectivity index (χ1v) is 7.73. The van der Waals surface area contributed by atoms with E-state index >= 15 is 0 Å². The summed E-state index contributed by atoms with van der Waals surface area (Å²) < 4.78 is 10.8. The van der Waals surface area contributed by atoms with E-state index < -0.39 is 18.1 Å². The number of carboxylic acids is 1. The Morgan fingerprint density at radius 3 is 2.65 bits per heavy atom. The Kier molecular flexibility index (Phi) is 5.60. The molecule has 2 unspecified atom stereocenters.